The Labute approximate surface area is 175 Å². The van der Waals surface area contributed by atoms with Gasteiger partial charge in [-0.15, -0.1) is 0 Å². The van der Waals surface area contributed by atoms with Gasteiger partial charge in [0.1, 0.15) is 12.0 Å². The van der Waals surface area contributed by atoms with Crippen molar-refractivity contribution in [3.8, 4) is 23.7 Å². The van der Waals surface area contributed by atoms with E-state index in [1.807, 2.05) is 5.32 Å². The van der Waals surface area contributed by atoms with Gasteiger partial charge < -0.3 is 10.7 Å². The van der Waals surface area contributed by atoms with Crippen LogP contribution in [0.4, 0.5) is 8.78 Å². The second-order valence-corrected chi connectivity index (χ2v) is 5.96. The van der Waals surface area contributed by atoms with E-state index < -0.39 is 30.0 Å². The van der Waals surface area contributed by atoms with Crippen molar-refractivity contribution >= 4 is 23.8 Å². The average molecular weight is 423 g/mol. The Morgan fingerprint density at radius 3 is 1.94 bits per heavy atom. The number of hydroxylamine groups is 1. The van der Waals surface area contributed by atoms with Crippen LogP contribution in [-0.4, -0.2) is 41.5 Å². The maximum Gasteiger partial charge on any atom is 0.278 e. The molecular weight excluding hydrogens is 408 g/mol. The minimum atomic E-state index is -3.29. The number of carbonyl (C=O) groups excluding carboxylic acids is 3. The lowest BCUT2D eigenvalue weighted by Crippen LogP contribution is -2.52. The summed E-state index contributed by atoms with van der Waals surface area (Å²) in [6, 6.07) is 10.3. The first kappa shape index (κ1) is 22.9. The number of carbonyl (C=O) groups is 3. The van der Waals surface area contributed by atoms with Crippen molar-refractivity contribution in [3.63, 3.8) is 0 Å². The van der Waals surface area contributed by atoms with Gasteiger partial charge in [0.25, 0.3) is 18.2 Å². The molecule has 0 aliphatic carbocycles. The summed E-state index contributed by atoms with van der Waals surface area (Å²) in [4.78, 5) is 34.2. The quantitative estimate of drug-likeness (QED) is 0.186. The van der Waals surface area contributed by atoms with Crippen molar-refractivity contribution in [1.82, 2.24) is 10.8 Å². The smallest absolute Gasteiger partial charge is 0.278 e. The van der Waals surface area contributed by atoms with Gasteiger partial charge in [-0.3, -0.25) is 19.6 Å². The second-order valence-electron chi connectivity index (χ2n) is 5.96. The summed E-state index contributed by atoms with van der Waals surface area (Å²) in [5, 5.41) is 17.8. The van der Waals surface area contributed by atoms with Gasteiger partial charge in [0, 0.05) is 22.3 Å². The highest BCUT2D eigenvalue weighted by Crippen LogP contribution is 2.06. The Balaban J connectivity index is 2.06. The Morgan fingerprint density at radius 1 is 0.968 bits per heavy atom. The first-order valence-electron chi connectivity index (χ1n) is 8.64. The topological polar surface area (TPSA) is 119 Å². The van der Waals surface area contributed by atoms with Crippen molar-refractivity contribution in [1.29, 1.82) is 5.41 Å². The predicted molar refractivity (Wildman–Crippen MR) is 107 cm³/mol. The lowest BCUT2D eigenvalue weighted by atomic mass is 10.1. The summed E-state index contributed by atoms with van der Waals surface area (Å²) in [6.45, 7) is 0. The zero-order valence-corrected chi connectivity index (χ0v) is 15.8. The first-order chi connectivity index (χ1) is 14.8. The highest BCUT2D eigenvalue weighted by molar-refractivity contribution is 6.11. The van der Waals surface area contributed by atoms with Crippen molar-refractivity contribution < 1.29 is 28.4 Å². The fourth-order valence-electron chi connectivity index (χ4n) is 2.25. The number of hydrogen-bond donors (Lipinski definition) is 4. The van der Waals surface area contributed by atoms with Crippen molar-refractivity contribution in [2.24, 2.45) is 0 Å². The maximum absolute atomic E-state index is 12.7. The van der Waals surface area contributed by atoms with Crippen LogP contribution in [0.2, 0.25) is 0 Å². The molecule has 0 aliphatic rings. The standard InChI is InChI=1S/C22H15F2N3O4/c23-20(24)18(25)19(22(30)27-31)26-21(29)17-11-9-15(10-12-17)4-2-1-3-14-5-7-16(13-28)8-6-14/h5-13,19-20,25,31H,(H,26,29)(H,27,30)/t19-/m0/s1. The second kappa shape index (κ2) is 11.0. The molecule has 0 radical (unpaired) electrons. The number of alkyl halides is 2. The van der Waals surface area contributed by atoms with E-state index in [0.29, 0.717) is 16.7 Å². The van der Waals surface area contributed by atoms with Crippen LogP contribution in [0.3, 0.4) is 0 Å². The van der Waals surface area contributed by atoms with Gasteiger partial charge in [0.15, 0.2) is 6.04 Å². The van der Waals surface area contributed by atoms with Gasteiger partial charge in [0.2, 0.25) is 0 Å². The van der Waals surface area contributed by atoms with Gasteiger partial charge in [-0.2, -0.15) is 0 Å². The average Bonchev–Trinajstić information content (AvgIpc) is 2.79. The third kappa shape index (κ3) is 6.60. The zero-order valence-electron chi connectivity index (χ0n) is 15.8. The van der Waals surface area contributed by atoms with Gasteiger partial charge in [0.05, 0.1) is 0 Å². The first-order valence-corrected chi connectivity index (χ1v) is 8.64. The molecule has 156 valence electrons. The fraction of sp³-hybridized carbons (Fsp3) is 0.0909. The van der Waals surface area contributed by atoms with E-state index in [1.54, 1.807) is 24.3 Å². The van der Waals surface area contributed by atoms with Crippen LogP contribution in [0, 0.1) is 29.1 Å². The van der Waals surface area contributed by atoms with Crippen LogP contribution in [0.25, 0.3) is 0 Å². The van der Waals surface area contributed by atoms with Crippen LogP contribution in [0.15, 0.2) is 48.5 Å². The van der Waals surface area contributed by atoms with Gasteiger partial charge >= 0.3 is 0 Å². The minimum Gasteiger partial charge on any atom is -0.335 e. The van der Waals surface area contributed by atoms with E-state index in [9.17, 15) is 23.2 Å². The van der Waals surface area contributed by atoms with E-state index in [-0.39, 0.29) is 5.56 Å². The molecule has 1 atom stereocenters. The van der Waals surface area contributed by atoms with E-state index in [2.05, 4.69) is 23.7 Å². The van der Waals surface area contributed by atoms with Crippen LogP contribution in [-0.2, 0) is 4.79 Å². The lowest BCUT2D eigenvalue weighted by molar-refractivity contribution is -0.129. The Bertz CT molecular complexity index is 1110. The molecule has 7 nitrogen and oxygen atoms in total. The maximum atomic E-state index is 12.7. The number of rotatable bonds is 6. The monoisotopic (exact) mass is 423 g/mol. The zero-order chi connectivity index (χ0) is 22.8. The molecule has 31 heavy (non-hydrogen) atoms. The van der Waals surface area contributed by atoms with Crippen molar-refractivity contribution in [2.45, 2.75) is 12.5 Å². The Morgan fingerprint density at radius 2 is 1.48 bits per heavy atom. The third-order valence-electron chi connectivity index (χ3n) is 3.86. The lowest BCUT2D eigenvalue weighted by Gasteiger charge is -2.17. The Hall–Kier alpha value is -4.34. The van der Waals surface area contributed by atoms with Gasteiger partial charge in [-0.25, -0.2) is 14.3 Å². The Kier molecular flexibility index (Phi) is 8.14. The van der Waals surface area contributed by atoms with Crippen molar-refractivity contribution in [2.75, 3.05) is 0 Å². The number of hydrogen-bond acceptors (Lipinski definition) is 5. The normalized spacial score (nSPS) is 10.6. The van der Waals surface area contributed by atoms with E-state index in [4.69, 9.17) is 10.6 Å². The molecule has 9 heteroatoms. The van der Waals surface area contributed by atoms with Crippen LogP contribution < -0.4 is 10.8 Å². The third-order valence-corrected chi connectivity index (χ3v) is 3.86. The summed E-state index contributed by atoms with van der Waals surface area (Å²) in [7, 11) is 0. The summed E-state index contributed by atoms with van der Waals surface area (Å²) in [6.07, 6.45) is -2.56. The number of aldehydes is 1. The number of amides is 2. The molecule has 0 spiro atoms. The number of nitrogens with one attached hydrogen (secondary N) is 3. The predicted octanol–water partition coefficient (Wildman–Crippen LogP) is 1.79. The number of benzene rings is 2. The number of halogens is 2. The van der Waals surface area contributed by atoms with Gasteiger partial charge in [-0.05, 0) is 48.2 Å². The molecule has 2 aromatic carbocycles. The van der Waals surface area contributed by atoms with E-state index >= 15 is 0 Å². The van der Waals surface area contributed by atoms with Gasteiger partial charge in [-0.1, -0.05) is 24.0 Å². The van der Waals surface area contributed by atoms with Crippen LogP contribution in [0.5, 0.6) is 0 Å². The summed E-state index contributed by atoms with van der Waals surface area (Å²) < 4.78 is 25.4. The molecule has 0 saturated heterocycles. The van der Waals surface area contributed by atoms with Crippen molar-refractivity contribution in [3.05, 3.63) is 70.8 Å². The molecule has 2 amide bonds. The molecule has 0 fully saturated rings. The van der Waals surface area contributed by atoms with E-state index in [0.717, 1.165) is 11.8 Å². The largest absolute Gasteiger partial charge is 0.335 e. The molecule has 0 aliphatic heterocycles. The van der Waals surface area contributed by atoms with Crippen LogP contribution in [0.1, 0.15) is 31.8 Å². The highest BCUT2D eigenvalue weighted by Gasteiger charge is 2.30. The molecule has 0 unspecified atom stereocenters. The molecular formula is C22H15F2N3O4. The molecule has 2 aromatic rings. The molecule has 0 aromatic heterocycles. The molecule has 0 heterocycles. The summed E-state index contributed by atoms with van der Waals surface area (Å²) in [5.74, 6) is 8.61. The fourth-order valence-corrected chi connectivity index (χ4v) is 2.25. The SMILES string of the molecule is N=C(C(F)F)[C@H](NC(=O)c1ccc(C#CC#Cc2ccc(C=O)cc2)cc1)C(=O)NO. The summed E-state index contributed by atoms with van der Waals surface area (Å²) in [5.41, 5.74) is 1.55. The molecule has 0 saturated carbocycles. The highest BCUT2D eigenvalue weighted by atomic mass is 19.3. The molecule has 4 N–H and O–H groups in total. The molecule has 0 bridgehead atoms. The minimum absolute atomic E-state index is 0.0321. The summed E-state index contributed by atoms with van der Waals surface area (Å²) >= 11 is 0. The van der Waals surface area contributed by atoms with E-state index in [1.165, 1.54) is 24.3 Å². The van der Waals surface area contributed by atoms with Crippen LogP contribution >= 0.6 is 0 Å². The molecule has 2 rings (SSSR count).